The Morgan fingerprint density at radius 3 is 2.52 bits per heavy atom. The summed E-state index contributed by atoms with van der Waals surface area (Å²) in [5, 5.41) is 3.46. The van der Waals surface area contributed by atoms with Crippen LogP contribution in [0.15, 0.2) is 40.4 Å². The third-order valence-electron chi connectivity index (χ3n) is 6.30. The zero-order chi connectivity index (χ0) is 24.8. The summed E-state index contributed by atoms with van der Waals surface area (Å²) in [7, 11) is 1.84. The third kappa shape index (κ3) is 9.10. The van der Waals surface area contributed by atoms with Crippen molar-refractivity contribution in [3.63, 3.8) is 0 Å². The van der Waals surface area contributed by atoms with E-state index in [-0.39, 0.29) is 6.04 Å². The molecule has 1 fully saturated rings. The van der Waals surface area contributed by atoms with E-state index < -0.39 is 0 Å². The van der Waals surface area contributed by atoms with E-state index in [4.69, 9.17) is 5.73 Å². The lowest BCUT2D eigenvalue weighted by molar-refractivity contribution is 0.442. The predicted octanol–water partition coefficient (Wildman–Crippen LogP) is 6.38. The molecule has 3 rings (SSSR count). The number of hydrogen-bond donors (Lipinski definition) is 2. The predicted molar refractivity (Wildman–Crippen MR) is 148 cm³/mol. The van der Waals surface area contributed by atoms with Gasteiger partial charge in [0.25, 0.3) is 0 Å². The molecule has 0 radical (unpaired) electrons. The number of hydrogen-bond acceptors (Lipinski definition) is 3. The van der Waals surface area contributed by atoms with Gasteiger partial charge in [0.15, 0.2) is 0 Å². The van der Waals surface area contributed by atoms with Gasteiger partial charge in [-0.3, -0.25) is 4.99 Å². The second-order valence-corrected chi connectivity index (χ2v) is 8.60. The molecule has 1 aromatic rings. The Bertz CT molecular complexity index is 772. The Morgan fingerprint density at radius 2 is 1.97 bits per heavy atom. The minimum atomic E-state index is 0.0973. The highest BCUT2D eigenvalue weighted by Gasteiger charge is 2.26. The van der Waals surface area contributed by atoms with Crippen molar-refractivity contribution in [1.82, 2.24) is 10.2 Å². The smallest absolute Gasteiger partial charge is 0.0846 e. The average molecular weight is 455 g/mol. The molecule has 0 amide bonds. The van der Waals surface area contributed by atoms with Crippen molar-refractivity contribution in [2.75, 3.05) is 33.2 Å². The van der Waals surface area contributed by atoms with Crippen molar-refractivity contribution in [1.29, 1.82) is 0 Å². The summed E-state index contributed by atoms with van der Waals surface area (Å²) in [5.74, 6) is 1.14. The van der Waals surface area contributed by atoms with Gasteiger partial charge in [-0.2, -0.15) is 0 Å². The van der Waals surface area contributed by atoms with Gasteiger partial charge in [0.1, 0.15) is 0 Å². The molecule has 3 N–H and O–H groups in total. The number of aryl methyl sites for hydroxylation is 1. The molecule has 33 heavy (non-hydrogen) atoms. The van der Waals surface area contributed by atoms with Gasteiger partial charge >= 0.3 is 0 Å². The van der Waals surface area contributed by atoms with Gasteiger partial charge < -0.3 is 16.0 Å². The number of nitrogens with one attached hydrogen (secondary N) is 1. The molecule has 3 unspecified atom stereocenters. The topological polar surface area (TPSA) is 53.6 Å². The number of benzene rings is 1. The van der Waals surface area contributed by atoms with Gasteiger partial charge in [0, 0.05) is 26.2 Å². The van der Waals surface area contributed by atoms with E-state index in [1.165, 1.54) is 34.3 Å². The molecule has 1 saturated heterocycles. The van der Waals surface area contributed by atoms with Crippen LogP contribution < -0.4 is 11.1 Å². The lowest BCUT2D eigenvalue weighted by Gasteiger charge is -2.22. The minimum Gasteiger partial charge on any atom is -0.363 e. The molecular weight excluding hydrogens is 404 g/mol. The molecule has 3 atom stereocenters. The first-order valence-corrected chi connectivity index (χ1v) is 13.2. The minimum absolute atomic E-state index is 0.0973. The Kier molecular flexibility index (Phi) is 14.0. The first-order chi connectivity index (χ1) is 16.0. The fourth-order valence-corrected chi connectivity index (χ4v) is 4.40. The first kappa shape index (κ1) is 29.1. The maximum Gasteiger partial charge on any atom is 0.0846 e. The van der Waals surface area contributed by atoms with Crippen molar-refractivity contribution in [2.45, 2.75) is 73.8 Å². The van der Waals surface area contributed by atoms with E-state index in [2.05, 4.69) is 66.3 Å². The molecule has 4 heteroatoms. The number of aliphatic imine (C=N–C) groups is 1. The number of nitrogens with two attached hydrogens (primary N) is 1. The van der Waals surface area contributed by atoms with Crippen LogP contribution >= 0.6 is 0 Å². The summed E-state index contributed by atoms with van der Waals surface area (Å²) < 4.78 is 0. The normalized spacial score (nSPS) is 20.4. The van der Waals surface area contributed by atoms with Gasteiger partial charge in [-0.15, -0.1) is 0 Å². The van der Waals surface area contributed by atoms with E-state index in [1.807, 2.05) is 41.1 Å². The fraction of sp³-hybridized carbons (Fsp3) is 0.621. The Morgan fingerprint density at radius 1 is 1.27 bits per heavy atom. The largest absolute Gasteiger partial charge is 0.363 e. The Labute approximate surface area is 204 Å². The molecule has 0 spiro atoms. The van der Waals surface area contributed by atoms with Gasteiger partial charge in [-0.1, -0.05) is 70.5 Å². The SMILES string of the molecule is CC.CC.CCN(C=NC)CCC/C(=C/c1cc(C)ccc1C(N)C1CCNC1)C1=CC1C. The van der Waals surface area contributed by atoms with Crippen molar-refractivity contribution in [3.05, 3.63) is 52.1 Å². The molecule has 1 aromatic carbocycles. The summed E-state index contributed by atoms with van der Waals surface area (Å²) >= 11 is 0. The molecule has 1 heterocycles. The van der Waals surface area contributed by atoms with Crippen LogP contribution in [-0.4, -0.2) is 44.5 Å². The van der Waals surface area contributed by atoms with Crippen LogP contribution in [0.25, 0.3) is 6.08 Å². The van der Waals surface area contributed by atoms with Crippen LogP contribution in [0.1, 0.15) is 83.5 Å². The van der Waals surface area contributed by atoms with Gasteiger partial charge in [-0.05, 0) is 80.3 Å². The molecule has 1 aliphatic carbocycles. The number of allylic oxidation sites excluding steroid dienone is 3. The van der Waals surface area contributed by atoms with Crippen LogP contribution in [0, 0.1) is 18.8 Å². The van der Waals surface area contributed by atoms with E-state index in [9.17, 15) is 0 Å². The van der Waals surface area contributed by atoms with Gasteiger partial charge in [0.05, 0.1) is 6.34 Å². The third-order valence-corrected chi connectivity index (χ3v) is 6.30. The van der Waals surface area contributed by atoms with Gasteiger partial charge in [-0.25, -0.2) is 0 Å². The lowest BCUT2D eigenvalue weighted by atomic mass is 9.88. The van der Waals surface area contributed by atoms with Crippen molar-refractivity contribution >= 4 is 12.4 Å². The highest BCUT2D eigenvalue weighted by atomic mass is 15.1. The quantitative estimate of drug-likeness (QED) is 0.319. The van der Waals surface area contributed by atoms with Crippen molar-refractivity contribution < 1.29 is 0 Å². The molecule has 186 valence electrons. The molecule has 0 saturated carbocycles. The van der Waals surface area contributed by atoms with Crippen LogP contribution in [0.4, 0.5) is 0 Å². The van der Waals surface area contributed by atoms with Crippen LogP contribution in [0.3, 0.4) is 0 Å². The second-order valence-electron chi connectivity index (χ2n) is 8.60. The van der Waals surface area contributed by atoms with Crippen LogP contribution in [0.2, 0.25) is 0 Å². The lowest BCUT2D eigenvalue weighted by Crippen LogP contribution is -2.24. The zero-order valence-corrected chi connectivity index (χ0v) is 22.6. The maximum atomic E-state index is 6.73. The monoisotopic (exact) mass is 454 g/mol. The Hall–Kier alpha value is -1.91. The molecule has 0 bridgehead atoms. The summed E-state index contributed by atoms with van der Waals surface area (Å²) in [5.41, 5.74) is 13.6. The van der Waals surface area contributed by atoms with E-state index >= 15 is 0 Å². The summed E-state index contributed by atoms with van der Waals surface area (Å²) in [6.07, 6.45) is 10.2. The first-order valence-electron chi connectivity index (χ1n) is 13.2. The van der Waals surface area contributed by atoms with Gasteiger partial charge in [0.2, 0.25) is 0 Å². The second kappa shape index (κ2) is 15.8. The Balaban J connectivity index is 0.00000129. The van der Waals surface area contributed by atoms with Crippen LogP contribution in [0.5, 0.6) is 0 Å². The highest BCUT2D eigenvalue weighted by molar-refractivity contribution is 5.66. The van der Waals surface area contributed by atoms with Crippen molar-refractivity contribution in [2.24, 2.45) is 22.6 Å². The van der Waals surface area contributed by atoms with E-state index in [1.54, 1.807) is 0 Å². The number of nitrogens with zero attached hydrogens (tertiary/aromatic N) is 2. The van der Waals surface area contributed by atoms with Crippen molar-refractivity contribution in [3.8, 4) is 0 Å². The van der Waals surface area contributed by atoms with E-state index in [0.29, 0.717) is 11.8 Å². The molecular formula is C29H50N4. The van der Waals surface area contributed by atoms with Crippen LogP contribution in [-0.2, 0) is 0 Å². The molecule has 0 aromatic heterocycles. The summed E-state index contributed by atoms with van der Waals surface area (Å²) in [6, 6.07) is 6.87. The number of rotatable bonds is 10. The molecule has 4 nitrogen and oxygen atoms in total. The van der Waals surface area contributed by atoms with E-state index in [0.717, 1.165) is 39.0 Å². The standard InChI is InChI=1S/C25H38N4.2C2H6/c1-5-29(17-27-4)12-6-7-20(24-14-19(24)3)15-22-13-18(2)8-9-23(22)25(26)21-10-11-28-16-21;2*1-2/h8-9,13-15,17,19,21,25,28H,5-7,10-12,16,26H2,1-4H3;2*1-2H3/b20-15-,27-17?;;. The maximum absolute atomic E-state index is 6.73. The highest BCUT2D eigenvalue weighted by Crippen LogP contribution is 2.39. The summed E-state index contributed by atoms with van der Waals surface area (Å²) in [4.78, 5) is 6.45. The summed E-state index contributed by atoms with van der Waals surface area (Å²) in [6.45, 7) is 18.8. The fourth-order valence-electron chi connectivity index (χ4n) is 4.40. The zero-order valence-electron chi connectivity index (χ0n) is 22.6. The molecule has 2 aliphatic rings. The average Bonchev–Trinajstić information content (AvgIpc) is 3.32. The molecule has 1 aliphatic heterocycles.